The third-order valence-electron chi connectivity index (χ3n) is 4.06. The molecule has 0 aromatic heterocycles. The number of carbonyl (C=O) groups excluding carboxylic acids is 2. The molecule has 1 amide bonds. The number of amides is 1. The summed E-state index contributed by atoms with van der Waals surface area (Å²) in [5, 5.41) is 6.91. The highest BCUT2D eigenvalue weighted by Gasteiger charge is 2.09. The van der Waals surface area contributed by atoms with Gasteiger partial charge in [0.15, 0.2) is 0 Å². The minimum absolute atomic E-state index is 0.0926. The summed E-state index contributed by atoms with van der Waals surface area (Å²) >= 11 is 0. The topological polar surface area (TPSA) is 79.8 Å². The zero-order valence-corrected chi connectivity index (χ0v) is 16.3. The maximum absolute atomic E-state index is 13.2. The van der Waals surface area contributed by atoms with Gasteiger partial charge in [-0.3, -0.25) is 4.79 Å². The summed E-state index contributed by atoms with van der Waals surface area (Å²) in [4.78, 5) is 23.8. The van der Waals surface area contributed by atoms with Crippen LogP contribution in [0.5, 0.6) is 5.75 Å². The Bertz CT molecular complexity index is 1050. The minimum Gasteiger partial charge on any atom is -0.423 e. The summed E-state index contributed by atoms with van der Waals surface area (Å²) in [5.41, 5.74) is 5.26. The van der Waals surface area contributed by atoms with E-state index < -0.39 is 11.8 Å². The predicted octanol–water partition coefficient (Wildman–Crippen LogP) is 3.92. The fourth-order valence-electron chi connectivity index (χ4n) is 2.48. The van der Waals surface area contributed by atoms with Crippen LogP contribution in [0.4, 0.5) is 10.1 Å². The second kappa shape index (κ2) is 9.97. The Morgan fingerprint density at radius 3 is 2.47 bits per heavy atom. The quantitative estimate of drug-likeness (QED) is 0.270. The van der Waals surface area contributed by atoms with E-state index in [1.54, 1.807) is 24.3 Å². The maximum atomic E-state index is 13.2. The van der Waals surface area contributed by atoms with E-state index >= 15 is 0 Å². The van der Waals surface area contributed by atoms with E-state index in [1.165, 1.54) is 24.4 Å². The number of rotatable bonds is 7. The number of nitrogens with one attached hydrogen (secondary N) is 2. The molecule has 6 nitrogen and oxygen atoms in total. The average molecular weight is 405 g/mol. The van der Waals surface area contributed by atoms with E-state index in [2.05, 4.69) is 15.8 Å². The summed E-state index contributed by atoms with van der Waals surface area (Å²) in [5.74, 6) is -1.13. The molecule has 30 heavy (non-hydrogen) atoms. The van der Waals surface area contributed by atoms with Gasteiger partial charge in [-0.25, -0.2) is 14.6 Å². The Hall–Kier alpha value is -4.00. The lowest BCUT2D eigenvalue weighted by atomic mass is 10.2. The molecule has 0 unspecified atom stereocenters. The van der Waals surface area contributed by atoms with E-state index in [-0.39, 0.29) is 18.0 Å². The standard InChI is InChI=1S/C23H20FN3O3/c1-16-5-9-20(10-6-16)25-15-22(28)27-26-14-17-7-11-21(12-8-17)30-23(29)18-3-2-4-19(24)13-18/h2-14,25H,15H2,1H3,(H,27,28)/b26-14+. The third kappa shape index (κ3) is 6.27. The van der Waals surface area contributed by atoms with Crippen molar-refractivity contribution in [3.8, 4) is 5.75 Å². The van der Waals surface area contributed by atoms with E-state index in [9.17, 15) is 14.0 Å². The number of anilines is 1. The van der Waals surface area contributed by atoms with Crippen LogP contribution in [0.3, 0.4) is 0 Å². The molecule has 3 aromatic carbocycles. The Morgan fingerprint density at radius 1 is 1.03 bits per heavy atom. The Balaban J connectivity index is 1.46. The molecule has 0 saturated heterocycles. The molecule has 0 spiro atoms. The van der Waals surface area contributed by atoms with Crippen LogP contribution >= 0.6 is 0 Å². The number of carbonyl (C=O) groups is 2. The van der Waals surface area contributed by atoms with Crippen LogP contribution in [-0.2, 0) is 4.79 Å². The number of hydrogen-bond donors (Lipinski definition) is 2. The third-order valence-corrected chi connectivity index (χ3v) is 4.06. The molecule has 0 radical (unpaired) electrons. The fourth-order valence-corrected chi connectivity index (χ4v) is 2.48. The van der Waals surface area contributed by atoms with Crippen LogP contribution in [0.2, 0.25) is 0 Å². The number of esters is 1. The second-order valence-corrected chi connectivity index (χ2v) is 6.48. The van der Waals surface area contributed by atoms with Gasteiger partial charge in [0.25, 0.3) is 5.91 Å². The first kappa shape index (κ1) is 20.7. The molecule has 152 valence electrons. The first-order valence-corrected chi connectivity index (χ1v) is 9.20. The van der Waals surface area contributed by atoms with Gasteiger partial charge in [0.05, 0.1) is 18.3 Å². The van der Waals surface area contributed by atoms with Gasteiger partial charge in [-0.1, -0.05) is 23.8 Å². The van der Waals surface area contributed by atoms with Crippen LogP contribution < -0.4 is 15.5 Å². The summed E-state index contributed by atoms with van der Waals surface area (Å²) in [6, 6.07) is 19.5. The average Bonchev–Trinajstić information content (AvgIpc) is 2.74. The van der Waals surface area contributed by atoms with E-state index in [1.807, 2.05) is 31.2 Å². The van der Waals surface area contributed by atoms with Crippen molar-refractivity contribution in [3.63, 3.8) is 0 Å². The number of ether oxygens (including phenoxy) is 1. The van der Waals surface area contributed by atoms with Crippen molar-refractivity contribution in [2.45, 2.75) is 6.92 Å². The van der Waals surface area contributed by atoms with Crippen LogP contribution in [-0.4, -0.2) is 24.6 Å². The van der Waals surface area contributed by atoms with Gasteiger partial charge in [0.1, 0.15) is 11.6 Å². The number of aryl methyl sites for hydroxylation is 1. The van der Waals surface area contributed by atoms with E-state index in [0.29, 0.717) is 11.3 Å². The Kier molecular flexibility index (Phi) is 6.89. The lowest BCUT2D eigenvalue weighted by Gasteiger charge is -2.05. The zero-order chi connectivity index (χ0) is 21.3. The number of benzene rings is 3. The first-order valence-electron chi connectivity index (χ1n) is 9.20. The molecule has 0 bridgehead atoms. The van der Waals surface area contributed by atoms with Gasteiger partial charge in [0.2, 0.25) is 0 Å². The molecule has 0 atom stereocenters. The van der Waals surface area contributed by atoms with Gasteiger partial charge in [-0.05, 0) is 67.1 Å². The summed E-state index contributed by atoms with van der Waals surface area (Å²) < 4.78 is 18.4. The van der Waals surface area contributed by atoms with Crippen molar-refractivity contribution in [1.82, 2.24) is 5.43 Å². The lowest BCUT2D eigenvalue weighted by molar-refractivity contribution is -0.119. The van der Waals surface area contributed by atoms with Crippen molar-refractivity contribution >= 4 is 23.8 Å². The van der Waals surface area contributed by atoms with Gasteiger partial charge < -0.3 is 10.1 Å². The number of halogens is 1. The highest BCUT2D eigenvalue weighted by atomic mass is 19.1. The lowest BCUT2D eigenvalue weighted by Crippen LogP contribution is -2.25. The highest BCUT2D eigenvalue weighted by molar-refractivity contribution is 5.91. The summed E-state index contributed by atoms with van der Waals surface area (Å²) in [6.45, 7) is 2.08. The Morgan fingerprint density at radius 2 is 1.77 bits per heavy atom. The van der Waals surface area contributed by atoms with Crippen LogP contribution in [0.25, 0.3) is 0 Å². The predicted molar refractivity (Wildman–Crippen MR) is 113 cm³/mol. The largest absolute Gasteiger partial charge is 0.423 e. The maximum Gasteiger partial charge on any atom is 0.343 e. The number of hydrogen-bond acceptors (Lipinski definition) is 5. The van der Waals surface area contributed by atoms with Gasteiger partial charge in [-0.15, -0.1) is 0 Å². The molecule has 0 aliphatic rings. The minimum atomic E-state index is -0.649. The summed E-state index contributed by atoms with van der Waals surface area (Å²) in [7, 11) is 0. The van der Waals surface area contributed by atoms with Crippen molar-refractivity contribution < 1.29 is 18.7 Å². The van der Waals surface area contributed by atoms with Crippen LogP contribution in [0, 0.1) is 12.7 Å². The molecule has 0 aliphatic carbocycles. The van der Waals surface area contributed by atoms with Crippen LogP contribution in [0.1, 0.15) is 21.5 Å². The normalized spacial score (nSPS) is 10.6. The first-order chi connectivity index (χ1) is 14.5. The van der Waals surface area contributed by atoms with Crippen LogP contribution in [0.15, 0.2) is 77.9 Å². The van der Waals surface area contributed by atoms with Gasteiger partial charge in [0, 0.05) is 5.69 Å². The smallest absolute Gasteiger partial charge is 0.343 e. The molecular weight excluding hydrogens is 385 g/mol. The Labute approximate surface area is 173 Å². The monoisotopic (exact) mass is 405 g/mol. The molecule has 2 N–H and O–H groups in total. The molecule has 3 rings (SSSR count). The molecule has 0 heterocycles. The summed E-state index contributed by atoms with van der Waals surface area (Å²) in [6.07, 6.45) is 1.47. The number of nitrogens with zero attached hydrogens (tertiary/aromatic N) is 1. The van der Waals surface area contributed by atoms with Crippen molar-refractivity contribution in [2.75, 3.05) is 11.9 Å². The molecule has 7 heteroatoms. The highest BCUT2D eigenvalue weighted by Crippen LogP contribution is 2.14. The van der Waals surface area contributed by atoms with Crippen molar-refractivity contribution in [3.05, 3.63) is 95.3 Å². The molecule has 3 aromatic rings. The SMILES string of the molecule is Cc1ccc(NCC(=O)N/N=C/c2ccc(OC(=O)c3cccc(F)c3)cc2)cc1. The second-order valence-electron chi connectivity index (χ2n) is 6.48. The van der Waals surface area contributed by atoms with Gasteiger partial charge in [-0.2, -0.15) is 5.10 Å². The fraction of sp³-hybridized carbons (Fsp3) is 0.0870. The van der Waals surface area contributed by atoms with E-state index in [4.69, 9.17) is 4.74 Å². The van der Waals surface area contributed by atoms with Gasteiger partial charge >= 0.3 is 5.97 Å². The van der Waals surface area contributed by atoms with Crippen molar-refractivity contribution in [1.29, 1.82) is 0 Å². The molecule has 0 saturated carbocycles. The molecular formula is C23H20FN3O3. The molecule has 0 fully saturated rings. The number of hydrazone groups is 1. The van der Waals surface area contributed by atoms with E-state index in [0.717, 1.165) is 17.3 Å². The zero-order valence-electron chi connectivity index (χ0n) is 16.3. The molecule has 0 aliphatic heterocycles. The van der Waals surface area contributed by atoms with Crippen molar-refractivity contribution in [2.24, 2.45) is 5.10 Å².